The summed E-state index contributed by atoms with van der Waals surface area (Å²) in [6.45, 7) is 0. The van der Waals surface area contributed by atoms with Gasteiger partial charge in [-0.15, -0.1) is 0 Å². The van der Waals surface area contributed by atoms with E-state index in [1.807, 2.05) is 0 Å². The molecule has 8 heteroatoms. The van der Waals surface area contributed by atoms with Crippen molar-refractivity contribution in [3.05, 3.63) is 59.9 Å². The number of alkyl halides is 3. The first-order valence-corrected chi connectivity index (χ1v) is 7.79. The Morgan fingerprint density at radius 1 is 0.923 bits per heavy atom. The first-order valence-electron chi connectivity index (χ1n) is 7.79. The van der Waals surface area contributed by atoms with Gasteiger partial charge in [-0.1, -0.05) is 18.2 Å². The van der Waals surface area contributed by atoms with Crippen LogP contribution in [0.3, 0.4) is 0 Å². The zero-order chi connectivity index (χ0) is 18.9. The Hall–Kier alpha value is -2.90. The maximum Gasteiger partial charge on any atom is 0.418 e. The van der Waals surface area contributed by atoms with Gasteiger partial charge in [-0.2, -0.15) is 13.2 Å². The molecule has 0 aromatic heterocycles. The van der Waals surface area contributed by atoms with E-state index in [1.165, 1.54) is 30.3 Å². The lowest BCUT2D eigenvalue weighted by atomic mass is 10.1. The highest BCUT2D eigenvalue weighted by atomic mass is 19.4. The van der Waals surface area contributed by atoms with Gasteiger partial charge in [-0.25, -0.2) is 4.39 Å². The molecule has 26 heavy (non-hydrogen) atoms. The van der Waals surface area contributed by atoms with Crippen molar-refractivity contribution >= 4 is 23.2 Å². The van der Waals surface area contributed by atoms with Gasteiger partial charge in [0.05, 0.1) is 23.1 Å². The number of rotatable bonds is 4. The van der Waals surface area contributed by atoms with Crippen LogP contribution >= 0.6 is 0 Å². The molecule has 2 aromatic carbocycles. The monoisotopic (exact) mass is 366 g/mol. The molecule has 1 fully saturated rings. The van der Waals surface area contributed by atoms with E-state index in [9.17, 15) is 27.2 Å². The van der Waals surface area contributed by atoms with E-state index in [0.29, 0.717) is 0 Å². The molecule has 136 valence electrons. The van der Waals surface area contributed by atoms with Crippen molar-refractivity contribution in [1.29, 1.82) is 0 Å². The lowest BCUT2D eigenvalue weighted by Crippen LogP contribution is -2.22. The van der Waals surface area contributed by atoms with E-state index in [-0.39, 0.29) is 17.8 Å². The summed E-state index contributed by atoms with van der Waals surface area (Å²) in [6, 6.07) is 9.92. The second-order valence-corrected chi connectivity index (χ2v) is 5.98. The van der Waals surface area contributed by atoms with Gasteiger partial charge in [0, 0.05) is 5.69 Å². The molecule has 0 spiro atoms. The molecule has 3 rings (SSSR count). The fourth-order valence-corrected chi connectivity index (χ4v) is 2.64. The first kappa shape index (κ1) is 17.9. The van der Waals surface area contributed by atoms with E-state index in [0.717, 1.165) is 18.2 Å². The van der Waals surface area contributed by atoms with E-state index < -0.39 is 41.2 Å². The molecule has 2 N–H and O–H groups in total. The predicted molar refractivity (Wildman–Crippen MR) is 86.7 cm³/mol. The number of hydrogen-bond acceptors (Lipinski definition) is 2. The molecular weight excluding hydrogens is 352 g/mol. The molecule has 2 unspecified atom stereocenters. The minimum atomic E-state index is -4.60. The fraction of sp³-hybridized carbons (Fsp3) is 0.222. The van der Waals surface area contributed by atoms with Gasteiger partial charge in [-0.05, 0) is 36.8 Å². The van der Waals surface area contributed by atoms with Crippen LogP contribution in [0.2, 0.25) is 0 Å². The Labute approximate surface area is 146 Å². The summed E-state index contributed by atoms with van der Waals surface area (Å²) in [5.74, 6) is -3.02. The number of halogens is 4. The molecule has 0 heterocycles. The Morgan fingerprint density at radius 3 is 2.23 bits per heavy atom. The van der Waals surface area contributed by atoms with E-state index >= 15 is 0 Å². The Kier molecular flexibility index (Phi) is 4.67. The zero-order valence-corrected chi connectivity index (χ0v) is 13.3. The van der Waals surface area contributed by atoms with Crippen LogP contribution in [0.5, 0.6) is 0 Å². The summed E-state index contributed by atoms with van der Waals surface area (Å²) < 4.78 is 52.0. The average Bonchev–Trinajstić information content (AvgIpc) is 3.35. The zero-order valence-electron chi connectivity index (χ0n) is 13.3. The van der Waals surface area contributed by atoms with Crippen LogP contribution < -0.4 is 10.6 Å². The van der Waals surface area contributed by atoms with Crippen molar-refractivity contribution in [2.75, 3.05) is 10.6 Å². The summed E-state index contributed by atoms with van der Waals surface area (Å²) in [7, 11) is 0. The summed E-state index contributed by atoms with van der Waals surface area (Å²) in [5.41, 5.74) is -1.04. The highest BCUT2D eigenvalue weighted by molar-refractivity contribution is 6.03. The normalized spacial score (nSPS) is 18.9. The van der Waals surface area contributed by atoms with Crippen LogP contribution in [0, 0.1) is 17.7 Å². The highest BCUT2D eigenvalue weighted by Gasteiger charge is 2.48. The smallest absolute Gasteiger partial charge is 0.326 e. The molecule has 1 aliphatic rings. The maximum atomic E-state index is 13.1. The number of amides is 2. The highest BCUT2D eigenvalue weighted by Crippen LogP contribution is 2.41. The maximum absolute atomic E-state index is 13.1. The quantitative estimate of drug-likeness (QED) is 0.802. The largest absolute Gasteiger partial charge is 0.418 e. The molecular formula is C18H14F4N2O2. The van der Waals surface area contributed by atoms with Gasteiger partial charge in [0.15, 0.2) is 0 Å². The number of carbonyl (C=O) groups is 2. The van der Waals surface area contributed by atoms with Crippen molar-refractivity contribution in [1.82, 2.24) is 0 Å². The van der Waals surface area contributed by atoms with Gasteiger partial charge < -0.3 is 10.6 Å². The Morgan fingerprint density at radius 2 is 1.58 bits per heavy atom. The van der Waals surface area contributed by atoms with Crippen molar-refractivity contribution < 1.29 is 27.2 Å². The van der Waals surface area contributed by atoms with Crippen molar-refractivity contribution in [2.24, 2.45) is 11.8 Å². The first-order chi connectivity index (χ1) is 12.3. The summed E-state index contributed by atoms with van der Waals surface area (Å²) >= 11 is 0. The number of carbonyl (C=O) groups excluding carboxylic acids is 2. The van der Waals surface area contributed by atoms with Crippen LogP contribution in [-0.2, 0) is 15.8 Å². The number of hydrogen-bond donors (Lipinski definition) is 2. The number of anilines is 2. The standard InChI is InChI=1S/C18H14F4N2O2/c19-10-4-3-5-11(8-10)23-16(25)12-9-13(12)17(26)24-15-7-2-1-6-14(15)18(20,21)22/h1-8,12-13H,9H2,(H,23,25)(H,24,26). The molecule has 0 radical (unpaired) electrons. The van der Waals surface area contributed by atoms with Crippen LogP contribution in [0.4, 0.5) is 28.9 Å². The number of nitrogens with one attached hydrogen (secondary N) is 2. The second kappa shape index (κ2) is 6.78. The van der Waals surface area contributed by atoms with E-state index in [2.05, 4.69) is 10.6 Å². The molecule has 2 atom stereocenters. The number of para-hydroxylation sites is 1. The fourth-order valence-electron chi connectivity index (χ4n) is 2.64. The van der Waals surface area contributed by atoms with Crippen molar-refractivity contribution in [3.8, 4) is 0 Å². The van der Waals surface area contributed by atoms with Crippen LogP contribution in [0.15, 0.2) is 48.5 Å². The molecule has 4 nitrogen and oxygen atoms in total. The van der Waals surface area contributed by atoms with Crippen LogP contribution in [-0.4, -0.2) is 11.8 Å². The third-order valence-corrected chi connectivity index (χ3v) is 4.05. The average molecular weight is 366 g/mol. The van der Waals surface area contributed by atoms with Crippen molar-refractivity contribution in [3.63, 3.8) is 0 Å². The van der Waals surface area contributed by atoms with Crippen molar-refractivity contribution in [2.45, 2.75) is 12.6 Å². The molecule has 2 amide bonds. The molecule has 1 saturated carbocycles. The topological polar surface area (TPSA) is 58.2 Å². The summed E-state index contributed by atoms with van der Waals surface area (Å²) in [4.78, 5) is 24.2. The van der Waals surface area contributed by atoms with Gasteiger partial charge in [0.25, 0.3) is 0 Å². The third kappa shape index (κ3) is 4.01. The molecule has 2 aromatic rings. The second-order valence-electron chi connectivity index (χ2n) is 5.98. The molecule has 0 aliphatic heterocycles. The summed E-state index contributed by atoms with van der Waals surface area (Å²) in [5, 5.41) is 4.73. The molecule has 0 bridgehead atoms. The minimum Gasteiger partial charge on any atom is -0.326 e. The van der Waals surface area contributed by atoms with Crippen LogP contribution in [0.25, 0.3) is 0 Å². The Balaban J connectivity index is 1.62. The SMILES string of the molecule is O=C(Nc1cccc(F)c1)C1CC1C(=O)Nc1ccccc1C(F)(F)F. The lowest BCUT2D eigenvalue weighted by molar-refractivity contribution is -0.137. The van der Waals surface area contributed by atoms with Gasteiger partial charge in [-0.3, -0.25) is 9.59 Å². The minimum absolute atomic E-state index is 0.223. The van der Waals surface area contributed by atoms with E-state index in [4.69, 9.17) is 0 Å². The third-order valence-electron chi connectivity index (χ3n) is 4.05. The predicted octanol–water partition coefficient (Wildman–Crippen LogP) is 4.06. The van der Waals surface area contributed by atoms with Gasteiger partial charge >= 0.3 is 6.18 Å². The van der Waals surface area contributed by atoms with Gasteiger partial charge in [0.1, 0.15) is 5.82 Å². The summed E-state index contributed by atoms with van der Waals surface area (Å²) in [6.07, 6.45) is -4.37. The molecule has 1 aliphatic carbocycles. The number of benzene rings is 2. The molecule has 0 saturated heterocycles. The van der Waals surface area contributed by atoms with Crippen LogP contribution in [0.1, 0.15) is 12.0 Å². The van der Waals surface area contributed by atoms with E-state index in [1.54, 1.807) is 0 Å². The lowest BCUT2D eigenvalue weighted by Gasteiger charge is -2.13. The Bertz CT molecular complexity index is 851. The van der Waals surface area contributed by atoms with Gasteiger partial charge in [0.2, 0.25) is 11.8 Å².